The highest BCUT2D eigenvalue weighted by atomic mass is 14.3. The second kappa shape index (κ2) is 14.0. The monoisotopic (exact) mass is 842 g/mol. The van der Waals surface area contributed by atoms with E-state index in [1.807, 2.05) is 0 Å². The minimum atomic E-state index is 0.0483. The summed E-state index contributed by atoms with van der Waals surface area (Å²) < 4.78 is 0. The Morgan fingerprint density at radius 3 is 0.909 bits per heavy atom. The smallest absolute Gasteiger partial charge is 0.00203 e. The van der Waals surface area contributed by atoms with Crippen LogP contribution in [0, 0.1) is 0 Å². The van der Waals surface area contributed by atoms with Gasteiger partial charge in [-0.2, -0.15) is 0 Å². The Hall–Kier alpha value is -7.54. The van der Waals surface area contributed by atoms with Crippen molar-refractivity contribution < 1.29 is 0 Å². The molecule has 0 aliphatic carbocycles. The van der Waals surface area contributed by atoms with Gasteiger partial charge in [0.15, 0.2) is 0 Å². The Kier molecular flexibility index (Phi) is 8.24. The standard InChI is InChI=1S/C66H50/c1-65(2,3)49-27-17-45(18-28-49)63-55-35-25-47(51-31-21-43-15-13-39-9-7-11-41-23-33-53(51)61(43)59(39)41)37-57(55)58-38-48(26-36-56(58)64(63)46-19-29-50(30-20-46)66(4,5)6)52-32-22-44-16-14-40-10-8-12-42-24-34-54(52)62(44)60(40)42/h7-38H,1-6H3. The average molecular weight is 843 g/mol. The van der Waals surface area contributed by atoms with Crippen LogP contribution < -0.4 is 0 Å². The lowest BCUT2D eigenvalue weighted by molar-refractivity contribution is 0.590. The first-order valence-electron chi connectivity index (χ1n) is 23.6. The molecule has 0 atom stereocenters. The van der Waals surface area contributed by atoms with E-state index in [-0.39, 0.29) is 10.8 Å². The van der Waals surface area contributed by atoms with Crippen LogP contribution in [0.1, 0.15) is 52.7 Å². The fourth-order valence-electron chi connectivity index (χ4n) is 11.4. The molecule has 314 valence electrons. The van der Waals surface area contributed by atoms with Gasteiger partial charge < -0.3 is 0 Å². The molecule has 0 heterocycles. The molecule has 0 saturated carbocycles. The number of fused-ring (bicyclic) bond motifs is 3. The van der Waals surface area contributed by atoms with E-state index in [2.05, 4.69) is 236 Å². The fourth-order valence-corrected chi connectivity index (χ4v) is 11.4. The predicted octanol–water partition coefficient (Wildman–Crippen LogP) is 19.1. The van der Waals surface area contributed by atoms with E-state index in [1.165, 1.54) is 142 Å². The van der Waals surface area contributed by atoms with Crippen LogP contribution in [-0.2, 0) is 10.8 Å². The summed E-state index contributed by atoms with van der Waals surface area (Å²) in [6.45, 7) is 13.8. The summed E-state index contributed by atoms with van der Waals surface area (Å²) >= 11 is 0. The van der Waals surface area contributed by atoms with Gasteiger partial charge >= 0.3 is 0 Å². The van der Waals surface area contributed by atoms with Crippen LogP contribution in [-0.4, -0.2) is 0 Å². The van der Waals surface area contributed by atoms with Crippen molar-refractivity contribution in [1.82, 2.24) is 0 Å². The minimum absolute atomic E-state index is 0.0483. The van der Waals surface area contributed by atoms with Crippen LogP contribution in [0.25, 0.3) is 131 Å². The van der Waals surface area contributed by atoms with Crippen molar-refractivity contribution in [2.24, 2.45) is 0 Å². The zero-order valence-corrected chi connectivity index (χ0v) is 38.5. The van der Waals surface area contributed by atoms with Crippen molar-refractivity contribution in [3.8, 4) is 44.5 Å². The number of rotatable bonds is 4. The highest BCUT2D eigenvalue weighted by Crippen LogP contribution is 2.49. The maximum atomic E-state index is 2.50. The SMILES string of the molecule is CC(C)(C)c1ccc(-c2c(-c3ccc(C(C)(C)C)cc3)c3ccc(-c4ccc5ccc6cccc7ccc4c5c67)cc3c3cc(-c4ccc5ccc6cccc7ccc4c5c67)ccc23)cc1. The molecule has 0 fully saturated rings. The van der Waals surface area contributed by atoms with Crippen molar-refractivity contribution >= 4 is 86.2 Å². The molecule has 0 bridgehead atoms. The van der Waals surface area contributed by atoms with Gasteiger partial charge in [0.1, 0.15) is 0 Å². The first-order chi connectivity index (χ1) is 32.0. The molecule has 0 aliphatic heterocycles. The Morgan fingerprint density at radius 2 is 0.545 bits per heavy atom. The quantitative estimate of drug-likeness (QED) is 0.155. The second-order valence-electron chi connectivity index (χ2n) is 20.9. The highest BCUT2D eigenvalue weighted by Gasteiger charge is 2.23. The summed E-state index contributed by atoms with van der Waals surface area (Å²) in [7, 11) is 0. The largest absolute Gasteiger partial charge is 0.0610 e. The third-order valence-corrected chi connectivity index (χ3v) is 14.9. The molecule has 0 radical (unpaired) electrons. The lowest BCUT2D eigenvalue weighted by Gasteiger charge is -2.23. The van der Waals surface area contributed by atoms with Gasteiger partial charge in [-0.3, -0.25) is 0 Å². The Morgan fingerprint density at radius 1 is 0.242 bits per heavy atom. The van der Waals surface area contributed by atoms with E-state index in [0.29, 0.717) is 0 Å². The molecule has 0 saturated heterocycles. The number of hydrogen-bond acceptors (Lipinski definition) is 0. The Bertz CT molecular complexity index is 3770. The minimum Gasteiger partial charge on any atom is -0.0610 e. The second-order valence-corrected chi connectivity index (χ2v) is 20.9. The first-order valence-corrected chi connectivity index (χ1v) is 23.6. The van der Waals surface area contributed by atoms with Crippen molar-refractivity contribution in [3.63, 3.8) is 0 Å². The van der Waals surface area contributed by atoms with E-state index < -0.39 is 0 Å². The van der Waals surface area contributed by atoms with Crippen molar-refractivity contribution in [1.29, 1.82) is 0 Å². The van der Waals surface area contributed by atoms with Gasteiger partial charge in [0.05, 0.1) is 0 Å². The van der Waals surface area contributed by atoms with Crippen LogP contribution in [0.2, 0.25) is 0 Å². The van der Waals surface area contributed by atoms with Gasteiger partial charge in [0.2, 0.25) is 0 Å². The molecular weight excluding hydrogens is 793 g/mol. The fraction of sp³-hybridized carbons (Fsp3) is 0.121. The van der Waals surface area contributed by atoms with E-state index in [0.717, 1.165) is 0 Å². The Labute approximate surface area is 386 Å². The van der Waals surface area contributed by atoms with E-state index >= 15 is 0 Å². The average Bonchev–Trinajstić information content (AvgIpc) is 3.33. The lowest BCUT2D eigenvalue weighted by atomic mass is 9.80. The summed E-state index contributed by atoms with van der Waals surface area (Å²) in [5.74, 6) is 0. The van der Waals surface area contributed by atoms with Crippen LogP contribution in [0.15, 0.2) is 194 Å². The predicted molar refractivity (Wildman–Crippen MR) is 288 cm³/mol. The zero-order valence-electron chi connectivity index (χ0n) is 38.5. The topological polar surface area (TPSA) is 0 Å². The molecule has 0 heteroatoms. The third-order valence-electron chi connectivity index (χ3n) is 14.9. The summed E-state index contributed by atoms with van der Waals surface area (Å²) in [6.07, 6.45) is 0. The maximum Gasteiger partial charge on any atom is -0.00203 e. The maximum absolute atomic E-state index is 2.50. The van der Waals surface area contributed by atoms with E-state index in [9.17, 15) is 0 Å². The third kappa shape index (κ3) is 5.84. The molecule has 0 aromatic heterocycles. The van der Waals surface area contributed by atoms with E-state index in [4.69, 9.17) is 0 Å². The van der Waals surface area contributed by atoms with Crippen LogP contribution >= 0.6 is 0 Å². The molecule has 66 heavy (non-hydrogen) atoms. The highest BCUT2D eigenvalue weighted by molar-refractivity contribution is 6.28. The van der Waals surface area contributed by atoms with Gasteiger partial charge in [-0.05, 0) is 165 Å². The first kappa shape index (κ1) is 38.9. The molecule has 0 N–H and O–H groups in total. The van der Waals surface area contributed by atoms with Gasteiger partial charge in [-0.1, -0.05) is 224 Å². The van der Waals surface area contributed by atoms with Crippen LogP contribution in [0.4, 0.5) is 0 Å². The number of benzene rings is 13. The normalized spacial score (nSPS) is 12.7. The van der Waals surface area contributed by atoms with Gasteiger partial charge in [0.25, 0.3) is 0 Å². The van der Waals surface area contributed by atoms with Gasteiger partial charge in [0, 0.05) is 0 Å². The summed E-state index contributed by atoms with van der Waals surface area (Å²) in [5.41, 5.74) is 12.8. The molecule has 13 rings (SSSR count). The van der Waals surface area contributed by atoms with Crippen LogP contribution in [0.5, 0.6) is 0 Å². The zero-order chi connectivity index (χ0) is 44.6. The lowest BCUT2D eigenvalue weighted by Crippen LogP contribution is -2.10. The van der Waals surface area contributed by atoms with Crippen molar-refractivity contribution in [2.75, 3.05) is 0 Å². The molecule has 0 nitrogen and oxygen atoms in total. The van der Waals surface area contributed by atoms with Gasteiger partial charge in [-0.15, -0.1) is 0 Å². The summed E-state index contributed by atoms with van der Waals surface area (Å²) in [4.78, 5) is 0. The Balaban J connectivity index is 1.13. The van der Waals surface area contributed by atoms with E-state index in [1.54, 1.807) is 0 Å². The number of hydrogen-bond donors (Lipinski definition) is 0. The van der Waals surface area contributed by atoms with Gasteiger partial charge in [-0.25, -0.2) is 0 Å². The van der Waals surface area contributed by atoms with Crippen LogP contribution in [0.3, 0.4) is 0 Å². The molecule has 0 amide bonds. The van der Waals surface area contributed by atoms with Crippen molar-refractivity contribution in [2.45, 2.75) is 52.4 Å². The molecule has 13 aromatic carbocycles. The molecule has 0 aliphatic rings. The molecule has 0 unspecified atom stereocenters. The summed E-state index contributed by atoms with van der Waals surface area (Å²) in [5, 5.41) is 20.7. The molecule has 13 aromatic rings. The molecular formula is C66H50. The van der Waals surface area contributed by atoms with Crippen molar-refractivity contribution in [3.05, 3.63) is 205 Å². The summed E-state index contributed by atoms with van der Waals surface area (Å²) in [6, 6.07) is 74.5. The molecule has 0 spiro atoms.